The van der Waals surface area contributed by atoms with Crippen LogP contribution in [0.1, 0.15) is 25.6 Å². The number of hydrogen-bond donors (Lipinski definition) is 2. The van der Waals surface area contributed by atoms with Gasteiger partial charge in [0.25, 0.3) is 0 Å². The summed E-state index contributed by atoms with van der Waals surface area (Å²) in [5.41, 5.74) is 7.38. The summed E-state index contributed by atoms with van der Waals surface area (Å²) in [5, 5.41) is 3.04. The monoisotopic (exact) mass is 357 g/mol. The molecule has 1 saturated heterocycles. The number of nitrogens with two attached hydrogens (primary N) is 1. The minimum absolute atomic E-state index is 0.0540. The molecule has 2 aromatic rings. The van der Waals surface area contributed by atoms with Crippen LogP contribution in [-0.2, 0) is 22.6 Å². The van der Waals surface area contributed by atoms with Crippen LogP contribution in [0.15, 0.2) is 24.3 Å². The van der Waals surface area contributed by atoms with Gasteiger partial charge in [-0.3, -0.25) is 14.5 Å². The van der Waals surface area contributed by atoms with Crippen molar-refractivity contribution in [3.63, 3.8) is 0 Å². The molecule has 1 fully saturated rings. The quantitative estimate of drug-likeness (QED) is 0.770. The van der Waals surface area contributed by atoms with Crippen molar-refractivity contribution in [3.05, 3.63) is 30.1 Å². The molecule has 0 spiro atoms. The van der Waals surface area contributed by atoms with Crippen LogP contribution < -0.4 is 11.1 Å². The average Bonchev–Trinajstić information content (AvgIpc) is 2.98. The maximum Gasteiger partial charge on any atom is 0.231 e. The number of nitrogens with zero attached hydrogens (tertiary/aromatic N) is 3. The van der Waals surface area contributed by atoms with Gasteiger partial charge in [-0.25, -0.2) is 4.98 Å². The number of primary amides is 1. The van der Waals surface area contributed by atoms with Crippen LogP contribution >= 0.6 is 0 Å². The highest BCUT2D eigenvalue weighted by Gasteiger charge is 2.26. The second kappa shape index (κ2) is 8.31. The maximum absolute atomic E-state index is 12.5. The summed E-state index contributed by atoms with van der Waals surface area (Å²) < 4.78 is 2.19. The normalized spacial score (nSPS) is 18.1. The molecule has 0 bridgehead atoms. The van der Waals surface area contributed by atoms with Crippen LogP contribution in [-0.4, -0.2) is 52.4 Å². The molecule has 0 unspecified atom stereocenters. The SMILES string of the molecule is CCn1c(CCNC(=O)[C@H]2CCCN(CC(N)=O)C2)nc2ccccc21. The molecular formula is C19H27N5O2. The Hall–Kier alpha value is -2.41. The molecular weight excluding hydrogens is 330 g/mol. The van der Waals surface area contributed by atoms with Crippen LogP contribution in [0.3, 0.4) is 0 Å². The van der Waals surface area contributed by atoms with Crippen molar-refractivity contribution in [1.29, 1.82) is 0 Å². The van der Waals surface area contributed by atoms with Crippen molar-refractivity contribution in [1.82, 2.24) is 19.8 Å². The molecule has 1 aromatic carbocycles. The zero-order chi connectivity index (χ0) is 18.5. The van der Waals surface area contributed by atoms with Crippen molar-refractivity contribution in [2.75, 3.05) is 26.2 Å². The number of rotatable bonds is 7. The average molecular weight is 357 g/mol. The fourth-order valence-electron chi connectivity index (χ4n) is 3.74. The highest BCUT2D eigenvalue weighted by Crippen LogP contribution is 2.17. The minimum Gasteiger partial charge on any atom is -0.369 e. The van der Waals surface area contributed by atoms with E-state index in [4.69, 9.17) is 5.73 Å². The lowest BCUT2D eigenvalue weighted by molar-refractivity contribution is -0.128. The number of carbonyl (C=O) groups is 2. The molecule has 3 N–H and O–H groups in total. The number of piperidine rings is 1. The van der Waals surface area contributed by atoms with Crippen molar-refractivity contribution < 1.29 is 9.59 Å². The van der Waals surface area contributed by atoms with Crippen LogP contribution in [0, 0.1) is 5.92 Å². The van der Waals surface area contributed by atoms with Gasteiger partial charge in [0.15, 0.2) is 0 Å². The fourth-order valence-corrected chi connectivity index (χ4v) is 3.74. The molecule has 2 amide bonds. The van der Waals surface area contributed by atoms with Gasteiger partial charge in [-0.2, -0.15) is 0 Å². The summed E-state index contributed by atoms with van der Waals surface area (Å²) >= 11 is 0. The van der Waals surface area contributed by atoms with E-state index in [1.807, 2.05) is 23.1 Å². The number of fused-ring (bicyclic) bond motifs is 1. The molecule has 3 rings (SSSR count). The summed E-state index contributed by atoms with van der Waals surface area (Å²) in [6, 6.07) is 8.09. The third-order valence-corrected chi connectivity index (χ3v) is 4.95. The Bertz CT molecular complexity index is 785. The summed E-state index contributed by atoms with van der Waals surface area (Å²) in [7, 11) is 0. The lowest BCUT2D eigenvalue weighted by Crippen LogP contribution is -2.46. The van der Waals surface area contributed by atoms with E-state index in [1.54, 1.807) is 0 Å². The van der Waals surface area contributed by atoms with Gasteiger partial charge in [0.2, 0.25) is 11.8 Å². The largest absolute Gasteiger partial charge is 0.369 e. The summed E-state index contributed by atoms with van der Waals surface area (Å²) in [6.45, 7) is 5.17. The Labute approximate surface area is 153 Å². The second-order valence-electron chi connectivity index (χ2n) is 6.84. The van der Waals surface area contributed by atoms with Crippen molar-refractivity contribution in [3.8, 4) is 0 Å². The number of para-hydroxylation sites is 2. The van der Waals surface area contributed by atoms with Crippen LogP contribution in [0.4, 0.5) is 0 Å². The molecule has 1 aromatic heterocycles. The van der Waals surface area contributed by atoms with E-state index in [2.05, 4.69) is 27.9 Å². The number of carbonyl (C=O) groups excluding carboxylic acids is 2. The van der Waals surface area contributed by atoms with Crippen molar-refractivity contribution >= 4 is 22.8 Å². The molecule has 1 atom stereocenters. The van der Waals surface area contributed by atoms with E-state index in [0.717, 1.165) is 42.8 Å². The molecule has 1 aliphatic heterocycles. The molecule has 26 heavy (non-hydrogen) atoms. The predicted octanol–water partition coefficient (Wildman–Crippen LogP) is 0.912. The van der Waals surface area contributed by atoms with Gasteiger partial charge < -0.3 is 15.6 Å². The van der Waals surface area contributed by atoms with Gasteiger partial charge >= 0.3 is 0 Å². The van der Waals surface area contributed by atoms with Crippen LogP contribution in [0.5, 0.6) is 0 Å². The van der Waals surface area contributed by atoms with E-state index < -0.39 is 0 Å². The zero-order valence-electron chi connectivity index (χ0n) is 15.3. The van der Waals surface area contributed by atoms with Crippen molar-refractivity contribution in [2.45, 2.75) is 32.7 Å². The Kier molecular flexibility index (Phi) is 5.88. The van der Waals surface area contributed by atoms with Gasteiger partial charge in [-0.05, 0) is 38.4 Å². The van der Waals surface area contributed by atoms with Gasteiger partial charge in [-0.1, -0.05) is 12.1 Å². The van der Waals surface area contributed by atoms with E-state index in [9.17, 15) is 9.59 Å². The fraction of sp³-hybridized carbons (Fsp3) is 0.526. The Morgan fingerprint density at radius 2 is 2.15 bits per heavy atom. The zero-order valence-corrected chi connectivity index (χ0v) is 15.3. The molecule has 140 valence electrons. The predicted molar refractivity (Wildman–Crippen MR) is 100 cm³/mol. The number of imidazole rings is 1. The lowest BCUT2D eigenvalue weighted by Gasteiger charge is -2.30. The summed E-state index contributed by atoms with van der Waals surface area (Å²) in [5.74, 6) is 0.629. The number of nitrogens with one attached hydrogen (secondary N) is 1. The molecule has 0 saturated carbocycles. The first-order valence-corrected chi connectivity index (χ1v) is 9.31. The second-order valence-corrected chi connectivity index (χ2v) is 6.84. The molecule has 2 heterocycles. The third kappa shape index (κ3) is 4.22. The Morgan fingerprint density at radius 1 is 1.35 bits per heavy atom. The van der Waals surface area contributed by atoms with Gasteiger partial charge in [0.1, 0.15) is 5.82 Å². The van der Waals surface area contributed by atoms with Crippen molar-refractivity contribution in [2.24, 2.45) is 11.7 Å². The molecule has 7 nitrogen and oxygen atoms in total. The number of hydrogen-bond acceptors (Lipinski definition) is 4. The van der Waals surface area contributed by atoms with E-state index in [1.165, 1.54) is 0 Å². The number of aromatic nitrogens is 2. The standard InChI is InChI=1S/C19H27N5O2/c1-2-24-16-8-4-3-7-15(16)22-18(24)9-10-21-19(26)14-6-5-11-23(12-14)13-17(20)25/h3-4,7-8,14H,2,5-6,9-13H2,1H3,(H2,20,25)(H,21,26)/t14-/m0/s1. The van der Waals surface area contributed by atoms with E-state index in [-0.39, 0.29) is 24.3 Å². The number of amides is 2. The van der Waals surface area contributed by atoms with Gasteiger partial charge in [0, 0.05) is 26.1 Å². The van der Waals surface area contributed by atoms with E-state index in [0.29, 0.717) is 19.5 Å². The van der Waals surface area contributed by atoms with Gasteiger partial charge in [0.05, 0.1) is 23.5 Å². The summed E-state index contributed by atoms with van der Waals surface area (Å²) in [6.07, 6.45) is 2.47. The first-order valence-electron chi connectivity index (χ1n) is 9.31. The summed E-state index contributed by atoms with van der Waals surface area (Å²) in [4.78, 5) is 30.2. The smallest absolute Gasteiger partial charge is 0.231 e. The highest BCUT2D eigenvalue weighted by atomic mass is 16.2. The maximum atomic E-state index is 12.5. The first kappa shape index (κ1) is 18.4. The van der Waals surface area contributed by atoms with E-state index >= 15 is 0 Å². The number of likely N-dealkylation sites (tertiary alicyclic amines) is 1. The third-order valence-electron chi connectivity index (χ3n) is 4.95. The Morgan fingerprint density at radius 3 is 2.92 bits per heavy atom. The highest BCUT2D eigenvalue weighted by molar-refractivity contribution is 5.79. The van der Waals surface area contributed by atoms with Crippen LogP contribution in [0.25, 0.3) is 11.0 Å². The molecule has 0 radical (unpaired) electrons. The molecule has 1 aliphatic rings. The van der Waals surface area contributed by atoms with Gasteiger partial charge in [-0.15, -0.1) is 0 Å². The topological polar surface area (TPSA) is 93.3 Å². The molecule has 0 aliphatic carbocycles. The first-order chi connectivity index (χ1) is 12.6. The van der Waals surface area contributed by atoms with Crippen LogP contribution in [0.2, 0.25) is 0 Å². The number of benzene rings is 1. The Balaban J connectivity index is 1.54. The minimum atomic E-state index is -0.343. The number of aryl methyl sites for hydroxylation is 1. The molecule has 7 heteroatoms. The lowest BCUT2D eigenvalue weighted by atomic mass is 9.97.